The lowest BCUT2D eigenvalue weighted by Crippen LogP contribution is -2.33. The van der Waals surface area contributed by atoms with Gasteiger partial charge >= 0.3 is 5.97 Å². The average Bonchev–Trinajstić information content (AvgIpc) is 3.71. The number of amides is 1. The van der Waals surface area contributed by atoms with Crippen molar-refractivity contribution in [3.05, 3.63) is 117 Å². The van der Waals surface area contributed by atoms with Crippen LogP contribution < -0.4 is 14.8 Å². The van der Waals surface area contributed by atoms with Crippen molar-refractivity contribution in [2.75, 3.05) is 48.1 Å². The number of rotatable bonds is 10. The van der Waals surface area contributed by atoms with Crippen molar-refractivity contribution < 1.29 is 31.5 Å². The summed E-state index contributed by atoms with van der Waals surface area (Å²) >= 11 is 3.16. The lowest BCUT2D eigenvalue weighted by Gasteiger charge is -2.24. The topological polar surface area (TPSA) is 162 Å². The zero-order valence-electron chi connectivity index (χ0n) is 31.0. The summed E-state index contributed by atoms with van der Waals surface area (Å²) in [4.78, 5) is 24.4. The zero-order valence-corrected chi connectivity index (χ0v) is 34.3. The van der Waals surface area contributed by atoms with Gasteiger partial charge in [-0.25, -0.2) is 21.6 Å². The monoisotopic (exact) mass is 822 g/mol. The Kier molecular flexibility index (Phi) is 11.8. The predicted octanol–water partition coefficient (Wildman–Crippen LogP) is 6.19. The Hall–Kier alpha value is -4.28. The fraction of sp³-hybridized carbons (Fsp3) is 0.350. The van der Waals surface area contributed by atoms with E-state index in [0.29, 0.717) is 35.0 Å². The first-order chi connectivity index (χ1) is 26.0. The molecule has 4 unspecified atom stereocenters. The van der Waals surface area contributed by atoms with E-state index in [0.717, 1.165) is 55.2 Å². The highest BCUT2D eigenvalue weighted by Crippen LogP contribution is 2.63. The lowest BCUT2D eigenvalue weighted by atomic mass is 9.92. The molecule has 2 aromatic carbocycles. The lowest BCUT2D eigenvalue weighted by molar-refractivity contribution is -0.131. The third-order valence-electron chi connectivity index (χ3n) is 11.2. The largest absolute Gasteiger partial charge is 0.478 e. The molecule has 292 valence electrons. The van der Waals surface area contributed by atoms with Gasteiger partial charge in [-0.1, -0.05) is 38.1 Å². The highest BCUT2D eigenvalue weighted by atomic mass is 32.2. The third kappa shape index (κ3) is 9.76. The van der Waals surface area contributed by atoms with Crippen LogP contribution in [0, 0.1) is 23.7 Å². The van der Waals surface area contributed by atoms with Gasteiger partial charge in [0.2, 0.25) is 26.0 Å². The van der Waals surface area contributed by atoms with Crippen molar-refractivity contribution in [1.29, 1.82) is 0 Å². The number of aliphatic carboxylic acids is 1. The van der Waals surface area contributed by atoms with E-state index in [1.807, 2.05) is 68.9 Å². The average molecular weight is 823 g/mol. The summed E-state index contributed by atoms with van der Waals surface area (Å²) < 4.78 is 50.5. The van der Waals surface area contributed by atoms with Crippen molar-refractivity contribution in [2.45, 2.75) is 24.7 Å². The number of benzene rings is 2. The molecule has 1 amide bonds. The van der Waals surface area contributed by atoms with Crippen LogP contribution in [0.3, 0.4) is 0 Å². The molecule has 11 nitrogen and oxygen atoms in total. The zero-order chi connectivity index (χ0) is 39.6. The first-order valence-electron chi connectivity index (χ1n) is 17.8. The van der Waals surface area contributed by atoms with Crippen molar-refractivity contribution in [2.24, 2.45) is 23.7 Å². The Labute approximate surface area is 331 Å². The molecule has 2 saturated heterocycles. The minimum absolute atomic E-state index is 0.00302. The number of nitrogens with zero attached hydrogens (tertiary/aromatic N) is 1. The number of carbonyl (C=O) groups is 2. The summed E-state index contributed by atoms with van der Waals surface area (Å²) in [7, 11) is -6.49. The van der Waals surface area contributed by atoms with E-state index in [2.05, 4.69) is 40.7 Å². The quantitative estimate of drug-likeness (QED) is 0.138. The number of fused-ring (bicyclic) bond motifs is 2. The van der Waals surface area contributed by atoms with E-state index in [-0.39, 0.29) is 16.7 Å². The van der Waals surface area contributed by atoms with Gasteiger partial charge in [0.05, 0.1) is 12.5 Å². The van der Waals surface area contributed by atoms with Gasteiger partial charge in [-0.15, -0.1) is 0 Å². The van der Waals surface area contributed by atoms with Crippen molar-refractivity contribution in [3.8, 4) is 0 Å². The summed E-state index contributed by atoms with van der Waals surface area (Å²) in [5.41, 5.74) is 5.84. The first kappa shape index (κ1) is 40.4. The smallest absolute Gasteiger partial charge is 0.328 e. The Morgan fingerprint density at radius 3 is 1.62 bits per heavy atom. The van der Waals surface area contributed by atoms with Gasteiger partial charge in [-0.3, -0.25) is 14.2 Å². The molecule has 4 atom stereocenters. The second-order valence-electron chi connectivity index (χ2n) is 14.9. The summed E-state index contributed by atoms with van der Waals surface area (Å²) in [6, 6.07) is 19.3. The summed E-state index contributed by atoms with van der Waals surface area (Å²) in [5.74, 6) is 1.39. The van der Waals surface area contributed by atoms with E-state index < -0.39 is 26.0 Å². The highest BCUT2D eigenvalue weighted by Gasteiger charge is 2.66. The van der Waals surface area contributed by atoms with Crippen LogP contribution in [0.1, 0.15) is 36.1 Å². The predicted molar refractivity (Wildman–Crippen MR) is 222 cm³/mol. The molecular weight excluding hydrogens is 777 g/mol. The van der Waals surface area contributed by atoms with Crippen molar-refractivity contribution in [1.82, 2.24) is 10.2 Å². The number of thiophene rings is 2. The maximum absolute atomic E-state index is 12.4. The molecule has 4 aliphatic rings. The van der Waals surface area contributed by atoms with Crippen LogP contribution in [0.5, 0.6) is 0 Å². The standard InChI is InChI=1S/C20H22N2O3S2.C13H18N2O2S.C7H6O2S/c1-20(15-4-3-5-16(10-15)21-27(2,24)25)17-11-22(12-18(17)20)19(23)7-6-14-8-9-26-13-14;1-13(11-7-14-8-12(11)13)9-4-3-5-10(6-9)15-18(2,16)17;8-7(9)2-1-6-3-4-10-5-6/h3-10,13,17-18,21H,11-12H2,1-2H3;3-6,11-12,14-15H,7-8H2,1-2H3;1-5H,(H,8,9)/b7-6+;;2-1+. The maximum atomic E-state index is 12.4. The SMILES string of the molecule is CC1(c2cccc(NS(C)(=O)=O)c2)C2CN(C(=O)/C=C/c3ccsc3)CC21.CC1(c2cccc(NS(C)(=O)=O)c2)C2CNCC21.O=C(O)/C=C/c1ccsc1. The van der Waals surface area contributed by atoms with Crippen LogP contribution in [0.4, 0.5) is 11.4 Å². The number of hydrogen-bond donors (Lipinski definition) is 4. The van der Waals surface area contributed by atoms with E-state index in [1.165, 1.54) is 11.8 Å². The molecular formula is C40H46N4O7S4. The number of carboxylic acid groups (broad SMARTS) is 1. The number of anilines is 2. The van der Waals surface area contributed by atoms with Crippen LogP contribution >= 0.6 is 22.7 Å². The van der Waals surface area contributed by atoms with E-state index in [1.54, 1.807) is 47.0 Å². The number of nitrogens with one attached hydrogen (secondary N) is 3. The first-order valence-corrected chi connectivity index (χ1v) is 23.4. The normalized spacial score (nSPS) is 26.3. The van der Waals surface area contributed by atoms with Gasteiger partial charge in [0.1, 0.15) is 0 Å². The molecule has 0 radical (unpaired) electrons. The second kappa shape index (κ2) is 16.1. The van der Waals surface area contributed by atoms with Gasteiger partial charge in [0.25, 0.3) is 0 Å². The second-order valence-corrected chi connectivity index (χ2v) is 20.0. The van der Waals surface area contributed by atoms with E-state index in [9.17, 15) is 26.4 Å². The minimum atomic E-state index is -3.29. The summed E-state index contributed by atoms with van der Waals surface area (Å²) in [5, 5.41) is 19.4. The molecule has 4 fully saturated rings. The molecule has 55 heavy (non-hydrogen) atoms. The van der Waals surface area contributed by atoms with Crippen molar-refractivity contribution in [3.63, 3.8) is 0 Å². The number of likely N-dealkylation sites (tertiary alicyclic amines) is 1. The van der Waals surface area contributed by atoms with Gasteiger partial charge < -0.3 is 15.3 Å². The van der Waals surface area contributed by atoms with Gasteiger partial charge in [0, 0.05) is 47.4 Å². The molecule has 8 rings (SSSR count). The molecule has 0 bridgehead atoms. The molecule has 2 aliphatic carbocycles. The van der Waals surface area contributed by atoms with Gasteiger partial charge in [-0.2, -0.15) is 22.7 Å². The fourth-order valence-corrected chi connectivity index (χ4v) is 10.5. The maximum Gasteiger partial charge on any atom is 0.328 e. The minimum Gasteiger partial charge on any atom is -0.478 e. The van der Waals surface area contributed by atoms with Gasteiger partial charge in [0.15, 0.2) is 0 Å². The molecule has 15 heteroatoms. The number of piperidine rings is 2. The Bertz CT molecular complexity index is 2270. The molecule has 4 N–H and O–H groups in total. The summed E-state index contributed by atoms with van der Waals surface area (Å²) in [6.45, 7) is 8.14. The van der Waals surface area contributed by atoms with Crippen molar-refractivity contribution >= 4 is 78.1 Å². The molecule has 4 heterocycles. The van der Waals surface area contributed by atoms with Crippen LogP contribution in [-0.2, 0) is 40.5 Å². The third-order valence-corrected chi connectivity index (χ3v) is 13.8. The van der Waals surface area contributed by atoms with Crippen LogP contribution in [0.2, 0.25) is 0 Å². The molecule has 2 saturated carbocycles. The van der Waals surface area contributed by atoms with Gasteiger partial charge in [-0.05, 0) is 129 Å². The Morgan fingerprint density at radius 1 is 0.745 bits per heavy atom. The van der Waals surface area contributed by atoms with Crippen LogP contribution in [0.15, 0.2) is 94.3 Å². The summed E-state index contributed by atoms with van der Waals surface area (Å²) in [6.07, 6.45) is 8.54. The number of carbonyl (C=O) groups excluding carboxylic acids is 1. The van der Waals surface area contributed by atoms with Crippen LogP contribution in [-0.4, -0.2) is 77.4 Å². The molecule has 2 aliphatic heterocycles. The van der Waals surface area contributed by atoms with E-state index >= 15 is 0 Å². The fourth-order valence-electron chi connectivity index (χ4n) is 8.16. The molecule has 2 aromatic heterocycles. The Morgan fingerprint density at radius 2 is 1.20 bits per heavy atom. The molecule has 4 aromatic rings. The number of carboxylic acids is 1. The molecule has 0 spiro atoms. The Balaban J connectivity index is 0.000000157. The highest BCUT2D eigenvalue weighted by molar-refractivity contribution is 7.92. The van der Waals surface area contributed by atoms with E-state index in [4.69, 9.17) is 5.11 Å². The number of sulfonamides is 2. The van der Waals surface area contributed by atoms with Crippen LogP contribution in [0.25, 0.3) is 12.2 Å². The number of hydrogen-bond acceptors (Lipinski definition) is 9.